The summed E-state index contributed by atoms with van der Waals surface area (Å²) < 4.78 is 37.7. The van der Waals surface area contributed by atoms with Crippen LogP contribution in [0.3, 0.4) is 0 Å². The van der Waals surface area contributed by atoms with Crippen LogP contribution in [0.5, 0.6) is 0 Å². The summed E-state index contributed by atoms with van der Waals surface area (Å²) in [6.07, 6.45) is 0. The number of rotatable bonds is 7. The molecule has 1 saturated heterocycles. The summed E-state index contributed by atoms with van der Waals surface area (Å²) >= 11 is 0. The van der Waals surface area contributed by atoms with E-state index in [1.165, 1.54) is 16.4 Å². The van der Waals surface area contributed by atoms with E-state index in [0.717, 1.165) is 5.56 Å². The predicted octanol–water partition coefficient (Wildman–Crippen LogP) is 3.72. The average Bonchev–Trinajstić information content (AvgIpc) is 2.96. The van der Waals surface area contributed by atoms with Crippen molar-refractivity contribution in [1.82, 2.24) is 9.29 Å². The maximum Gasteiger partial charge on any atom is 0.339 e. The minimum Gasteiger partial charge on any atom is -0.452 e. The van der Waals surface area contributed by atoms with Crippen LogP contribution < -0.4 is 5.32 Å². The van der Waals surface area contributed by atoms with Crippen molar-refractivity contribution in [2.45, 2.75) is 4.90 Å². The number of esters is 1. The zero-order valence-electron chi connectivity index (χ0n) is 20.4. The van der Waals surface area contributed by atoms with E-state index >= 15 is 0 Å². The van der Waals surface area contributed by atoms with Crippen LogP contribution in [-0.2, 0) is 24.3 Å². The summed E-state index contributed by atoms with van der Waals surface area (Å²) in [6.45, 7) is 0.660. The molecule has 1 fully saturated rings. The number of ether oxygens (including phenoxy) is 2. The van der Waals surface area contributed by atoms with Gasteiger partial charge in [0.2, 0.25) is 10.0 Å². The van der Waals surface area contributed by atoms with Crippen molar-refractivity contribution in [1.29, 1.82) is 0 Å². The van der Waals surface area contributed by atoms with Crippen LogP contribution in [0.4, 0.5) is 5.69 Å². The highest BCUT2D eigenvalue weighted by molar-refractivity contribution is 7.89. The third-order valence-electron chi connectivity index (χ3n) is 6.07. The van der Waals surface area contributed by atoms with Crippen molar-refractivity contribution in [3.05, 3.63) is 90.5 Å². The second-order valence-corrected chi connectivity index (χ2v) is 10.5. The van der Waals surface area contributed by atoms with Gasteiger partial charge in [-0.2, -0.15) is 4.31 Å². The fourth-order valence-electron chi connectivity index (χ4n) is 4.18. The smallest absolute Gasteiger partial charge is 0.339 e. The van der Waals surface area contributed by atoms with Crippen LogP contribution in [0.15, 0.2) is 89.8 Å². The van der Waals surface area contributed by atoms with Gasteiger partial charge in [-0.25, -0.2) is 18.2 Å². The van der Waals surface area contributed by atoms with E-state index in [1.54, 1.807) is 30.3 Å². The zero-order valence-corrected chi connectivity index (χ0v) is 21.2. The number of sulfonamides is 1. The van der Waals surface area contributed by atoms with Gasteiger partial charge in [0.1, 0.15) is 0 Å². The number of para-hydroxylation sites is 1. The lowest BCUT2D eigenvalue weighted by Crippen LogP contribution is -2.40. The lowest BCUT2D eigenvalue weighted by molar-refractivity contribution is -0.119. The Hall–Kier alpha value is -4.12. The fourth-order valence-corrected chi connectivity index (χ4v) is 5.63. The Morgan fingerprint density at radius 1 is 0.921 bits per heavy atom. The van der Waals surface area contributed by atoms with Crippen molar-refractivity contribution in [2.75, 3.05) is 38.2 Å². The molecule has 1 amide bonds. The van der Waals surface area contributed by atoms with Crippen molar-refractivity contribution in [2.24, 2.45) is 0 Å². The number of carbonyl (C=O) groups excluding carboxylic acids is 2. The Balaban J connectivity index is 1.29. The number of pyridine rings is 1. The summed E-state index contributed by atoms with van der Waals surface area (Å²) in [7, 11) is -3.72. The molecule has 0 spiro atoms. The molecule has 2 heterocycles. The Labute approximate surface area is 220 Å². The number of hydrogen-bond donors (Lipinski definition) is 1. The monoisotopic (exact) mass is 531 g/mol. The SMILES string of the molecule is O=C(COC(=O)c1cc(-c2ccccc2)nc2ccccc12)Nc1cccc(S(=O)(=O)N2CCOCC2)c1. The Morgan fingerprint density at radius 3 is 2.45 bits per heavy atom. The lowest BCUT2D eigenvalue weighted by atomic mass is 10.0. The first-order valence-electron chi connectivity index (χ1n) is 12.0. The number of nitrogens with one attached hydrogen (secondary N) is 1. The molecule has 3 aromatic carbocycles. The standard InChI is InChI=1S/C28H25N3O6S/c32-27(29-21-9-6-10-22(17-21)38(34,35)31-13-15-36-16-14-31)19-37-28(33)24-18-26(20-7-2-1-3-8-20)30-25-12-5-4-11-23(24)25/h1-12,17-18H,13-16,19H2,(H,29,32). The number of hydrogen-bond acceptors (Lipinski definition) is 7. The molecule has 38 heavy (non-hydrogen) atoms. The molecule has 1 aliphatic rings. The first-order valence-corrected chi connectivity index (χ1v) is 13.5. The molecule has 194 valence electrons. The summed E-state index contributed by atoms with van der Waals surface area (Å²) in [6, 6.07) is 24.3. The number of amides is 1. The van der Waals surface area contributed by atoms with E-state index in [4.69, 9.17) is 9.47 Å². The van der Waals surface area contributed by atoms with Crippen LogP contribution in [-0.4, -0.2) is 62.5 Å². The summed E-state index contributed by atoms with van der Waals surface area (Å²) in [5.41, 5.74) is 2.65. The number of benzene rings is 3. The molecule has 10 heteroatoms. The van der Waals surface area contributed by atoms with Crippen molar-refractivity contribution in [3.63, 3.8) is 0 Å². The third-order valence-corrected chi connectivity index (χ3v) is 7.96. The summed E-state index contributed by atoms with van der Waals surface area (Å²) in [5, 5.41) is 3.21. The van der Waals surface area contributed by atoms with E-state index in [0.29, 0.717) is 35.4 Å². The minimum atomic E-state index is -3.72. The molecular weight excluding hydrogens is 506 g/mol. The highest BCUT2D eigenvalue weighted by Crippen LogP contribution is 2.25. The Morgan fingerprint density at radius 2 is 1.66 bits per heavy atom. The highest BCUT2D eigenvalue weighted by atomic mass is 32.2. The normalized spacial score (nSPS) is 14.2. The molecular formula is C28H25N3O6S. The molecule has 1 N–H and O–H groups in total. The Bertz CT molecular complexity index is 1590. The molecule has 0 unspecified atom stereocenters. The zero-order chi connectivity index (χ0) is 26.5. The van der Waals surface area contributed by atoms with Crippen LogP contribution >= 0.6 is 0 Å². The fraction of sp³-hybridized carbons (Fsp3) is 0.179. The first-order chi connectivity index (χ1) is 18.4. The van der Waals surface area contributed by atoms with Gasteiger partial charge >= 0.3 is 5.97 Å². The number of aromatic nitrogens is 1. The van der Waals surface area contributed by atoms with Gasteiger partial charge in [-0.1, -0.05) is 54.6 Å². The molecule has 1 aromatic heterocycles. The van der Waals surface area contributed by atoms with E-state index in [-0.39, 0.29) is 23.7 Å². The average molecular weight is 532 g/mol. The minimum absolute atomic E-state index is 0.0610. The van der Waals surface area contributed by atoms with Gasteiger partial charge in [0.15, 0.2) is 6.61 Å². The van der Waals surface area contributed by atoms with E-state index in [1.807, 2.05) is 42.5 Å². The highest BCUT2D eigenvalue weighted by Gasteiger charge is 2.26. The second-order valence-electron chi connectivity index (χ2n) is 8.61. The van der Waals surface area contributed by atoms with Gasteiger partial charge < -0.3 is 14.8 Å². The van der Waals surface area contributed by atoms with Crippen LogP contribution in [0.1, 0.15) is 10.4 Å². The van der Waals surface area contributed by atoms with Gasteiger partial charge in [-0.3, -0.25) is 4.79 Å². The van der Waals surface area contributed by atoms with Crippen molar-refractivity contribution < 1.29 is 27.5 Å². The van der Waals surface area contributed by atoms with Crippen LogP contribution in [0.25, 0.3) is 22.2 Å². The number of carbonyl (C=O) groups is 2. The van der Waals surface area contributed by atoms with Gasteiger partial charge in [0, 0.05) is 29.7 Å². The summed E-state index contributed by atoms with van der Waals surface area (Å²) in [4.78, 5) is 30.3. The first kappa shape index (κ1) is 25.5. The number of morpholine rings is 1. The predicted molar refractivity (Wildman–Crippen MR) is 142 cm³/mol. The number of fused-ring (bicyclic) bond motifs is 1. The number of nitrogens with zero attached hydrogens (tertiary/aromatic N) is 2. The van der Waals surface area contributed by atoms with E-state index in [9.17, 15) is 18.0 Å². The molecule has 0 saturated carbocycles. The largest absolute Gasteiger partial charge is 0.452 e. The van der Waals surface area contributed by atoms with Crippen LogP contribution in [0.2, 0.25) is 0 Å². The second kappa shape index (κ2) is 11.1. The Kier molecular flexibility index (Phi) is 7.45. The molecule has 0 aliphatic carbocycles. The molecule has 9 nitrogen and oxygen atoms in total. The van der Waals surface area contributed by atoms with Gasteiger partial charge in [0.05, 0.1) is 34.9 Å². The summed E-state index contributed by atoms with van der Waals surface area (Å²) in [5.74, 6) is -1.26. The van der Waals surface area contributed by atoms with Crippen molar-refractivity contribution >= 4 is 38.5 Å². The molecule has 1 aliphatic heterocycles. The molecule has 0 bridgehead atoms. The number of anilines is 1. The van der Waals surface area contributed by atoms with Gasteiger partial charge in [-0.05, 0) is 30.3 Å². The third kappa shape index (κ3) is 5.57. The lowest BCUT2D eigenvalue weighted by Gasteiger charge is -2.26. The van der Waals surface area contributed by atoms with Gasteiger partial charge in [-0.15, -0.1) is 0 Å². The maximum absolute atomic E-state index is 13.0. The van der Waals surface area contributed by atoms with E-state index < -0.39 is 28.5 Å². The maximum atomic E-state index is 13.0. The molecule has 0 radical (unpaired) electrons. The van der Waals surface area contributed by atoms with E-state index in [2.05, 4.69) is 10.3 Å². The van der Waals surface area contributed by atoms with Crippen molar-refractivity contribution in [3.8, 4) is 11.3 Å². The van der Waals surface area contributed by atoms with Crippen LogP contribution in [0, 0.1) is 0 Å². The topological polar surface area (TPSA) is 115 Å². The molecule has 4 aromatic rings. The molecule has 0 atom stereocenters. The molecule has 5 rings (SSSR count). The van der Waals surface area contributed by atoms with Gasteiger partial charge in [0.25, 0.3) is 5.91 Å². The quantitative estimate of drug-likeness (QED) is 0.362.